The number of hydrogen-bond acceptors (Lipinski definition) is 3. The molecular weight excluding hydrogens is 364 g/mol. The molecule has 134 valence electrons. The van der Waals surface area contributed by atoms with E-state index < -0.39 is 0 Å². The van der Waals surface area contributed by atoms with Gasteiger partial charge in [0.2, 0.25) is 0 Å². The first-order valence-electron chi connectivity index (χ1n) is 8.29. The fourth-order valence-electron chi connectivity index (χ4n) is 2.87. The number of benzene rings is 2. The molecule has 2 aromatic heterocycles. The van der Waals surface area contributed by atoms with E-state index in [1.54, 1.807) is 18.3 Å². The first-order chi connectivity index (χ1) is 13.1. The van der Waals surface area contributed by atoms with Gasteiger partial charge in [-0.25, -0.2) is 0 Å². The van der Waals surface area contributed by atoms with Crippen LogP contribution in [0.25, 0.3) is 10.9 Å². The Bertz CT molecular complexity index is 1200. The molecule has 1 amide bonds. The summed E-state index contributed by atoms with van der Waals surface area (Å²) in [5.41, 5.74) is 2.34. The minimum Gasteiger partial charge on any atom is -0.320 e. The lowest BCUT2D eigenvalue weighted by Gasteiger charge is -2.10. The zero-order valence-electron chi connectivity index (χ0n) is 14.1. The van der Waals surface area contributed by atoms with E-state index in [0.29, 0.717) is 16.3 Å². The summed E-state index contributed by atoms with van der Waals surface area (Å²) in [4.78, 5) is 24.9. The molecule has 0 saturated heterocycles. The average molecular weight is 379 g/mol. The highest BCUT2D eigenvalue weighted by Crippen LogP contribution is 2.21. The molecule has 0 fully saturated rings. The van der Waals surface area contributed by atoms with Gasteiger partial charge in [0.25, 0.3) is 11.5 Å². The monoisotopic (exact) mass is 378 g/mol. The number of nitrogens with zero attached hydrogens (tertiary/aromatic N) is 2. The van der Waals surface area contributed by atoms with Crippen LogP contribution in [0.4, 0.5) is 5.69 Å². The van der Waals surface area contributed by atoms with Crippen molar-refractivity contribution in [1.29, 1.82) is 0 Å². The largest absolute Gasteiger partial charge is 0.320 e. The molecule has 2 heterocycles. The van der Waals surface area contributed by atoms with Crippen molar-refractivity contribution in [3.05, 3.63) is 93.5 Å². The summed E-state index contributed by atoms with van der Waals surface area (Å²) < 4.78 is 1.47. The van der Waals surface area contributed by atoms with Crippen LogP contribution in [0.2, 0.25) is 5.02 Å². The summed E-state index contributed by atoms with van der Waals surface area (Å²) >= 11 is 6.18. The molecule has 4 aromatic rings. The van der Waals surface area contributed by atoms with Crippen LogP contribution in [0.3, 0.4) is 0 Å². The number of fused-ring (bicyclic) bond motifs is 1. The zero-order valence-corrected chi connectivity index (χ0v) is 14.9. The van der Waals surface area contributed by atoms with E-state index in [4.69, 9.17) is 11.6 Å². The molecule has 0 saturated carbocycles. The van der Waals surface area contributed by atoms with Gasteiger partial charge in [-0.15, -0.1) is 0 Å². The van der Waals surface area contributed by atoms with Crippen molar-refractivity contribution in [3.8, 4) is 0 Å². The molecular formula is C20H15ClN4O2. The molecule has 0 bridgehead atoms. The van der Waals surface area contributed by atoms with E-state index in [2.05, 4.69) is 15.5 Å². The number of aromatic amines is 1. The van der Waals surface area contributed by atoms with E-state index in [0.717, 1.165) is 16.5 Å². The van der Waals surface area contributed by atoms with Crippen LogP contribution in [0, 0.1) is 0 Å². The Morgan fingerprint density at radius 1 is 1.11 bits per heavy atom. The molecule has 6 nitrogen and oxygen atoms in total. The number of carbonyl (C=O) groups is 1. The lowest BCUT2D eigenvalue weighted by Crippen LogP contribution is -2.22. The molecule has 7 heteroatoms. The lowest BCUT2D eigenvalue weighted by atomic mass is 10.2. The molecule has 0 spiro atoms. The van der Waals surface area contributed by atoms with Crippen molar-refractivity contribution in [1.82, 2.24) is 14.8 Å². The maximum atomic E-state index is 12.7. The van der Waals surface area contributed by atoms with Gasteiger partial charge in [-0.2, -0.15) is 5.10 Å². The van der Waals surface area contributed by atoms with Gasteiger partial charge in [0.1, 0.15) is 0 Å². The number of pyridine rings is 1. The number of H-pyrrole nitrogens is 1. The number of para-hydroxylation sites is 1. The number of amides is 1. The van der Waals surface area contributed by atoms with Crippen LogP contribution in [0.1, 0.15) is 15.9 Å². The molecule has 4 rings (SSSR count). The summed E-state index contributed by atoms with van der Waals surface area (Å²) in [6.07, 6.45) is 3.23. The van der Waals surface area contributed by atoms with Crippen LogP contribution >= 0.6 is 11.6 Å². The second-order valence-electron chi connectivity index (χ2n) is 6.07. The molecule has 2 N–H and O–H groups in total. The molecule has 2 aromatic carbocycles. The number of halogens is 1. The summed E-state index contributed by atoms with van der Waals surface area (Å²) in [7, 11) is 0. The third-order valence-electron chi connectivity index (χ3n) is 4.27. The zero-order chi connectivity index (χ0) is 18.8. The topological polar surface area (TPSA) is 79.8 Å². The quantitative estimate of drug-likeness (QED) is 0.568. The number of rotatable bonds is 4. The third-order valence-corrected chi connectivity index (χ3v) is 4.64. The van der Waals surface area contributed by atoms with E-state index in [9.17, 15) is 9.59 Å². The number of hydrogen-bond donors (Lipinski definition) is 2. The smallest absolute Gasteiger partial charge is 0.257 e. The summed E-state index contributed by atoms with van der Waals surface area (Å²) in [6, 6.07) is 15.7. The minimum atomic E-state index is -0.315. The van der Waals surface area contributed by atoms with E-state index in [1.165, 1.54) is 22.9 Å². The Kier molecular flexibility index (Phi) is 4.48. The fraction of sp³-hybridized carbons (Fsp3) is 0.0500. The molecule has 0 aliphatic carbocycles. The number of anilines is 1. The Hall–Kier alpha value is -3.38. The minimum absolute atomic E-state index is 0.206. The first-order valence-corrected chi connectivity index (χ1v) is 8.67. The summed E-state index contributed by atoms with van der Waals surface area (Å²) in [5.74, 6) is -0.315. The van der Waals surface area contributed by atoms with Crippen LogP contribution in [-0.4, -0.2) is 20.7 Å². The Labute approximate surface area is 159 Å². The van der Waals surface area contributed by atoms with Crippen molar-refractivity contribution in [2.24, 2.45) is 0 Å². The average Bonchev–Trinajstić information content (AvgIpc) is 3.15. The van der Waals surface area contributed by atoms with Crippen molar-refractivity contribution < 1.29 is 4.79 Å². The van der Waals surface area contributed by atoms with E-state index in [1.807, 2.05) is 30.3 Å². The molecule has 0 aliphatic rings. The van der Waals surface area contributed by atoms with Gasteiger partial charge in [0, 0.05) is 22.7 Å². The fourth-order valence-corrected chi connectivity index (χ4v) is 3.06. The maximum absolute atomic E-state index is 12.7. The van der Waals surface area contributed by atoms with Crippen molar-refractivity contribution in [2.75, 3.05) is 5.32 Å². The van der Waals surface area contributed by atoms with Crippen LogP contribution in [-0.2, 0) is 6.54 Å². The number of nitrogens with one attached hydrogen (secondary N) is 2. The van der Waals surface area contributed by atoms with E-state index in [-0.39, 0.29) is 18.0 Å². The highest BCUT2D eigenvalue weighted by atomic mass is 35.5. The SMILES string of the molecule is O=C(Nc1cccc2cn[nH]c12)c1ccc(=O)n(Cc2ccccc2Cl)c1. The van der Waals surface area contributed by atoms with Gasteiger partial charge in [0.15, 0.2) is 0 Å². The van der Waals surface area contributed by atoms with Crippen LogP contribution < -0.4 is 10.9 Å². The van der Waals surface area contributed by atoms with Gasteiger partial charge in [-0.05, 0) is 23.8 Å². The molecule has 0 radical (unpaired) electrons. The van der Waals surface area contributed by atoms with Gasteiger partial charge in [0.05, 0.1) is 29.5 Å². The van der Waals surface area contributed by atoms with Gasteiger partial charge in [-0.3, -0.25) is 14.7 Å². The second kappa shape index (κ2) is 7.09. The normalized spacial score (nSPS) is 10.9. The molecule has 27 heavy (non-hydrogen) atoms. The van der Waals surface area contributed by atoms with Gasteiger partial charge >= 0.3 is 0 Å². The van der Waals surface area contributed by atoms with Crippen LogP contribution in [0.15, 0.2) is 71.8 Å². The Morgan fingerprint density at radius 2 is 1.96 bits per heavy atom. The van der Waals surface area contributed by atoms with Crippen molar-refractivity contribution in [2.45, 2.75) is 6.54 Å². The number of carbonyl (C=O) groups excluding carboxylic acids is 1. The van der Waals surface area contributed by atoms with Crippen molar-refractivity contribution in [3.63, 3.8) is 0 Å². The molecule has 0 atom stereocenters. The summed E-state index contributed by atoms with van der Waals surface area (Å²) in [5, 5.41) is 11.2. The third kappa shape index (κ3) is 3.47. The second-order valence-corrected chi connectivity index (χ2v) is 6.48. The maximum Gasteiger partial charge on any atom is 0.257 e. The predicted octanol–water partition coefficient (Wildman–Crippen LogP) is 3.68. The molecule has 0 aliphatic heterocycles. The Morgan fingerprint density at radius 3 is 2.81 bits per heavy atom. The highest BCUT2D eigenvalue weighted by molar-refractivity contribution is 6.31. The van der Waals surface area contributed by atoms with Gasteiger partial charge in [-0.1, -0.05) is 41.9 Å². The molecule has 0 unspecified atom stereocenters. The van der Waals surface area contributed by atoms with Crippen LogP contribution in [0.5, 0.6) is 0 Å². The number of aromatic nitrogens is 3. The van der Waals surface area contributed by atoms with Crippen molar-refractivity contribution >= 4 is 34.1 Å². The summed E-state index contributed by atoms with van der Waals surface area (Å²) in [6.45, 7) is 0.287. The first kappa shape index (κ1) is 17.1. The van der Waals surface area contributed by atoms with Gasteiger partial charge < -0.3 is 9.88 Å². The standard InChI is InChI=1S/C20H15ClN4O2/c21-16-6-2-1-4-14(16)11-25-12-15(8-9-18(25)26)20(27)23-17-7-3-5-13-10-22-24-19(13)17/h1-10,12H,11H2,(H,22,24)(H,23,27). The Balaban J connectivity index is 1.62. The highest BCUT2D eigenvalue weighted by Gasteiger charge is 2.11. The van der Waals surface area contributed by atoms with E-state index >= 15 is 0 Å². The predicted molar refractivity (Wildman–Crippen MR) is 105 cm³/mol. The lowest BCUT2D eigenvalue weighted by molar-refractivity contribution is 0.102.